The number of nitrogens with one attached hydrogen (secondary N) is 1. The van der Waals surface area contributed by atoms with E-state index in [1.165, 1.54) is 49.4 Å². The van der Waals surface area contributed by atoms with Gasteiger partial charge in [0.1, 0.15) is 11.6 Å². The summed E-state index contributed by atoms with van der Waals surface area (Å²) in [6, 6.07) is 10.4. The lowest BCUT2D eigenvalue weighted by Crippen LogP contribution is -2.31. The smallest absolute Gasteiger partial charge is 0.344 e. The Balaban J connectivity index is 1.80. The van der Waals surface area contributed by atoms with Crippen LogP contribution in [0.3, 0.4) is 0 Å². The predicted octanol–water partition coefficient (Wildman–Crippen LogP) is 2.68. The van der Waals surface area contributed by atoms with Gasteiger partial charge in [-0.1, -0.05) is 6.07 Å². The SMILES string of the molecule is C[C@@H](OC(=O)COc1ccc([N+](=O)[O-])cc1)C(=O)Nc1cccc(F)c1. The second-order valence-electron chi connectivity index (χ2n) is 5.17. The number of non-ortho nitro benzene ring substituents is 1. The molecule has 2 rings (SSSR count). The average Bonchev–Trinajstić information content (AvgIpc) is 2.60. The van der Waals surface area contributed by atoms with Gasteiger partial charge in [0.2, 0.25) is 0 Å². The lowest BCUT2D eigenvalue weighted by Gasteiger charge is -2.14. The highest BCUT2D eigenvalue weighted by Crippen LogP contribution is 2.17. The van der Waals surface area contributed by atoms with E-state index in [2.05, 4.69) is 5.32 Å². The Hall–Kier alpha value is -3.49. The lowest BCUT2D eigenvalue weighted by atomic mass is 10.3. The van der Waals surface area contributed by atoms with Crippen molar-refractivity contribution < 1.29 is 28.4 Å². The van der Waals surface area contributed by atoms with Crippen molar-refractivity contribution >= 4 is 23.3 Å². The number of nitro benzene ring substituents is 1. The maximum atomic E-state index is 13.1. The zero-order valence-electron chi connectivity index (χ0n) is 13.7. The number of halogens is 1. The Bertz CT molecular complexity index is 809. The zero-order chi connectivity index (χ0) is 19.1. The third kappa shape index (κ3) is 5.55. The number of esters is 1. The highest BCUT2D eigenvalue weighted by Gasteiger charge is 2.18. The van der Waals surface area contributed by atoms with E-state index in [9.17, 15) is 24.1 Å². The number of hydrogen-bond acceptors (Lipinski definition) is 6. The van der Waals surface area contributed by atoms with E-state index in [0.717, 1.165) is 6.07 Å². The molecule has 0 bridgehead atoms. The van der Waals surface area contributed by atoms with Crippen molar-refractivity contribution in [3.05, 3.63) is 64.5 Å². The minimum Gasteiger partial charge on any atom is -0.482 e. The van der Waals surface area contributed by atoms with E-state index < -0.39 is 35.3 Å². The number of rotatable bonds is 7. The molecule has 0 unspecified atom stereocenters. The van der Waals surface area contributed by atoms with Gasteiger partial charge in [0.25, 0.3) is 11.6 Å². The van der Waals surface area contributed by atoms with Crippen molar-refractivity contribution in [2.24, 2.45) is 0 Å². The van der Waals surface area contributed by atoms with Crippen LogP contribution >= 0.6 is 0 Å². The minimum atomic E-state index is -1.12. The monoisotopic (exact) mass is 362 g/mol. The number of carbonyl (C=O) groups is 2. The quantitative estimate of drug-likeness (QED) is 0.461. The van der Waals surface area contributed by atoms with E-state index in [1.807, 2.05) is 0 Å². The summed E-state index contributed by atoms with van der Waals surface area (Å²) in [6.07, 6.45) is -1.12. The van der Waals surface area contributed by atoms with Gasteiger partial charge in [0.15, 0.2) is 12.7 Å². The fourth-order valence-electron chi connectivity index (χ4n) is 1.90. The van der Waals surface area contributed by atoms with Crippen LogP contribution in [0.1, 0.15) is 6.92 Å². The lowest BCUT2D eigenvalue weighted by molar-refractivity contribution is -0.384. The second kappa shape index (κ2) is 8.56. The molecule has 1 atom stereocenters. The van der Waals surface area contributed by atoms with Crippen LogP contribution in [-0.2, 0) is 14.3 Å². The van der Waals surface area contributed by atoms with Gasteiger partial charge in [-0.25, -0.2) is 9.18 Å². The molecule has 0 spiro atoms. The Kier molecular flexibility index (Phi) is 6.20. The number of ether oxygens (including phenoxy) is 2. The van der Waals surface area contributed by atoms with E-state index in [0.29, 0.717) is 0 Å². The molecule has 8 nitrogen and oxygen atoms in total. The van der Waals surface area contributed by atoms with Crippen LogP contribution in [0.2, 0.25) is 0 Å². The molecule has 1 amide bonds. The molecule has 2 aromatic carbocycles. The van der Waals surface area contributed by atoms with Gasteiger partial charge in [0.05, 0.1) is 4.92 Å². The van der Waals surface area contributed by atoms with Gasteiger partial charge < -0.3 is 14.8 Å². The zero-order valence-corrected chi connectivity index (χ0v) is 13.7. The van der Waals surface area contributed by atoms with Crippen molar-refractivity contribution in [3.63, 3.8) is 0 Å². The van der Waals surface area contributed by atoms with Gasteiger partial charge in [-0.15, -0.1) is 0 Å². The second-order valence-corrected chi connectivity index (χ2v) is 5.17. The molecule has 26 heavy (non-hydrogen) atoms. The number of benzene rings is 2. The summed E-state index contributed by atoms with van der Waals surface area (Å²) >= 11 is 0. The van der Waals surface area contributed by atoms with E-state index in [1.54, 1.807) is 0 Å². The van der Waals surface area contributed by atoms with Crippen molar-refractivity contribution in [2.45, 2.75) is 13.0 Å². The van der Waals surface area contributed by atoms with Gasteiger partial charge in [-0.05, 0) is 37.3 Å². The van der Waals surface area contributed by atoms with Crippen LogP contribution in [0, 0.1) is 15.9 Å². The molecular weight excluding hydrogens is 347 g/mol. The summed E-state index contributed by atoms with van der Waals surface area (Å²) < 4.78 is 23.1. The molecule has 0 heterocycles. The molecule has 0 saturated heterocycles. The van der Waals surface area contributed by atoms with Crippen molar-refractivity contribution in [2.75, 3.05) is 11.9 Å². The fraction of sp³-hybridized carbons (Fsp3) is 0.176. The van der Waals surface area contributed by atoms with E-state index in [4.69, 9.17) is 9.47 Å². The van der Waals surface area contributed by atoms with Crippen LogP contribution in [0.15, 0.2) is 48.5 Å². The number of nitrogens with zero attached hydrogens (tertiary/aromatic N) is 1. The molecule has 2 aromatic rings. The minimum absolute atomic E-state index is 0.109. The summed E-state index contributed by atoms with van der Waals surface area (Å²) in [4.78, 5) is 33.6. The van der Waals surface area contributed by atoms with Crippen molar-refractivity contribution in [1.82, 2.24) is 0 Å². The Morgan fingerprint density at radius 2 is 1.92 bits per heavy atom. The first kappa shape index (κ1) is 18.8. The summed E-state index contributed by atoms with van der Waals surface area (Å²) in [5, 5.41) is 13.0. The van der Waals surface area contributed by atoms with Gasteiger partial charge in [-0.3, -0.25) is 14.9 Å². The third-order valence-electron chi connectivity index (χ3n) is 3.17. The first-order chi connectivity index (χ1) is 12.3. The maximum absolute atomic E-state index is 13.1. The van der Waals surface area contributed by atoms with Crippen LogP contribution in [0.4, 0.5) is 15.8 Å². The van der Waals surface area contributed by atoms with Gasteiger partial charge in [0, 0.05) is 17.8 Å². The molecule has 0 aliphatic rings. The molecule has 0 aliphatic heterocycles. The van der Waals surface area contributed by atoms with Crippen molar-refractivity contribution in [3.8, 4) is 5.75 Å². The van der Waals surface area contributed by atoms with Gasteiger partial charge >= 0.3 is 5.97 Å². The molecule has 1 N–H and O–H groups in total. The van der Waals surface area contributed by atoms with E-state index in [-0.39, 0.29) is 17.1 Å². The Morgan fingerprint density at radius 3 is 2.54 bits per heavy atom. The van der Waals surface area contributed by atoms with Crippen LogP contribution in [0.5, 0.6) is 5.75 Å². The van der Waals surface area contributed by atoms with Crippen LogP contribution in [-0.4, -0.2) is 29.5 Å². The number of nitro groups is 1. The summed E-state index contributed by atoms with van der Waals surface area (Å²) in [7, 11) is 0. The first-order valence-corrected chi connectivity index (χ1v) is 7.48. The summed E-state index contributed by atoms with van der Waals surface area (Å²) in [6.45, 7) is 0.883. The number of hydrogen-bond donors (Lipinski definition) is 1. The third-order valence-corrected chi connectivity index (χ3v) is 3.17. The molecular formula is C17H15FN2O6. The molecule has 0 fully saturated rings. The topological polar surface area (TPSA) is 108 Å². The standard InChI is InChI=1S/C17H15FN2O6/c1-11(17(22)19-13-4-2-3-12(18)9-13)26-16(21)10-25-15-7-5-14(6-8-15)20(23)24/h2-9,11H,10H2,1H3,(H,19,22)/t11-/m1/s1. The normalized spacial score (nSPS) is 11.3. The van der Waals surface area contributed by atoms with Crippen LogP contribution < -0.4 is 10.1 Å². The molecule has 9 heteroatoms. The van der Waals surface area contributed by atoms with Crippen LogP contribution in [0.25, 0.3) is 0 Å². The fourth-order valence-corrected chi connectivity index (χ4v) is 1.90. The summed E-state index contributed by atoms with van der Waals surface area (Å²) in [5.74, 6) is -1.70. The largest absolute Gasteiger partial charge is 0.482 e. The highest BCUT2D eigenvalue weighted by molar-refractivity contribution is 5.95. The molecule has 0 radical (unpaired) electrons. The maximum Gasteiger partial charge on any atom is 0.344 e. The molecule has 136 valence electrons. The van der Waals surface area contributed by atoms with Crippen molar-refractivity contribution in [1.29, 1.82) is 0 Å². The molecule has 0 saturated carbocycles. The number of carbonyl (C=O) groups excluding carboxylic acids is 2. The summed E-state index contributed by atoms with van der Waals surface area (Å²) in [5.41, 5.74) is 0.127. The van der Waals surface area contributed by atoms with Gasteiger partial charge in [-0.2, -0.15) is 0 Å². The number of amides is 1. The first-order valence-electron chi connectivity index (χ1n) is 7.48. The predicted molar refractivity (Wildman–Crippen MR) is 89.2 cm³/mol. The van der Waals surface area contributed by atoms with E-state index >= 15 is 0 Å². The molecule has 0 aliphatic carbocycles. The Labute approximate surface area is 147 Å². The molecule has 0 aromatic heterocycles. The number of anilines is 1. The highest BCUT2D eigenvalue weighted by atomic mass is 19.1. The average molecular weight is 362 g/mol. The Morgan fingerprint density at radius 1 is 1.23 bits per heavy atom.